The Balaban J connectivity index is 1.71. The number of para-hydroxylation sites is 1. The summed E-state index contributed by atoms with van der Waals surface area (Å²) in [5.41, 5.74) is 3.84. The van der Waals surface area contributed by atoms with E-state index < -0.39 is 11.3 Å². The van der Waals surface area contributed by atoms with Gasteiger partial charge in [0.25, 0.3) is 5.91 Å². The van der Waals surface area contributed by atoms with Crippen LogP contribution in [0.3, 0.4) is 0 Å². The second-order valence-electron chi connectivity index (χ2n) is 8.01. The highest BCUT2D eigenvalue weighted by Gasteiger charge is 2.18. The van der Waals surface area contributed by atoms with Crippen molar-refractivity contribution in [2.75, 3.05) is 10.6 Å². The fourth-order valence-electron chi connectivity index (χ4n) is 3.54. The lowest BCUT2D eigenvalue weighted by Gasteiger charge is -2.14. The van der Waals surface area contributed by atoms with Crippen LogP contribution in [-0.2, 0) is 11.3 Å². The first kappa shape index (κ1) is 22.0. The summed E-state index contributed by atoms with van der Waals surface area (Å²) < 4.78 is 1.54. The normalized spacial score (nSPS) is 10.8. The van der Waals surface area contributed by atoms with E-state index in [1.54, 1.807) is 35.8 Å². The first-order valence-corrected chi connectivity index (χ1v) is 10.6. The maximum absolute atomic E-state index is 13.1. The van der Waals surface area contributed by atoms with Crippen LogP contribution in [0.5, 0.6) is 0 Å². The standard InChI is InChI=1S/C26H24N4O3/c1-16-8-11-19(12-9-16)28-26(33)21-14-30(25-20(24(21)32)13-10-18(3)27-25)15-23(31)29-22-7-5-4-6-17(22)2/h4-14H,15H2,1-3H3,(H,28,33)(H,29,31). The molecular weight excluding hydrogens is 416 g/mol. The van der Waals surface area contributed by atoms with Crippen molar-refractivity contribution in [1.82, 2.24) is 9.55 Å². The SMILES string of the molecule is Cc1ccc(NC(=O)c2cn(CC(=O)Nc3ccccc3C)c3nc(C)ccc3c2=O)cc1. The number of carbonyl (C=O) groups excluding carboxylic acids is 2. The molecule has 0 aliphatic heterocycles. The van der Waals surface area contributed by atoms with Crippen molar-refractivity contribution in [3.05, 3.63) is 99.5 Å². The van der Waals surface area contributed by atoms with Crippen molar-refractivity contribution in [3.63, 3.8) is 0 Å². The zero-order chi connectivity index (χ0) is 23.5. The van der Waals surface area contributed by atoms with Crippen molar-refractivity contribution in [3.8, 4) is 0 Å². The second kappa shape index (κ2) is 9.08. The fourth-order valence-corrected chi connectivity index (χ4v) is 3.54. The predicted octanol–water partition coefficient (Wildman–Crippen LogP) is 4.21. The molecular formula is C26H24N4O3. The minimum atomic E-state index is -0.542. The Kier molecular flexibility index (Phi) is 6.04. The third kappa shape index (κ3) is 4.82. The van der Waals surface area contributed by atoms with Gasteiger partial charge in [0.15, 0.2) is 0 Å². The number of nitrogens with zero attached hydrogens (tertiary/aromatic N) is 2. The van der Waals surface area contributed by atoms with E-state index >= 15 is 0 Å². The Morgan fingerprint density at radius 1 is 0.909 bits per heavy atom. The van der Waals surface area contributed by atoms with Crippen LogP contribution in [0.1, 0.15) is 27.2 Å². The molecule has 2 amide bonds. The molecule has 166 valence electrons. The van der Waals surface area contributed by atoms with Crippen LogP contribution in [0, 0.1) is 20.8 Å². The topological polar surface area (TPSA) is 93.1 Å². The molecule has 0 fully saturated rings. The highest BCUT2D eigenvalue weighted by Crippen LogP contribution is 2.16. The quantitative estimate of drug-likeness (QED) is 0.486. The zero-order valence-corrected chi connectivity index (χ0v) is 18.7. The summed E-state index contributed by atoms with van der Waals surface area (Å²) in [5.74, 6) is -0.832. The van der Waals surface area contributed by atoms with E-state index in [-0.39, 0.29) is 23.4 Å². The van der Waals surface area contributed by atoms with Crippen LogP contribution >= 0.6 is 0 Å². The lowest BCUT2D eigenvalue weighted by atomic mass is 10.1. The van der Waals surface area contributed by atoms with E-state index in [1.807, 2.05) is 50.2 Å². The molecule has 0 saturated carbocycles. The summed E-state index contributed by atoms with van der Waals surface area (Å²) >= 11 is 0. The Labute approximate surface area is 191 Å². The van der Waals surface area contributed by atoms with E-state index in [4.69, 9.17) is 0 Å². The maximum Gasteiger partial charge on any atom is 0.261 e. The molecule has 2 aromatic heterocycles. The molecule has 7 heteroatoms. The molecule has 4 aromatic rings. The number of fused-ring (bicyclic) bond motifs is 1. The van der Waals surface area contributed by atoms with Gasteiger partial charge in [-0.25, -0.2) is 4.98 Å². The first-order valence-electron chi connectivity index (χ1n) is 10.6. The fraction of sp³-hybridized carbons (Fsp3) is 0.154. The molecule has 2 heterocycles. The van der Waals surface area contributed by atoms with Gasteiger partial charge in [-0.05, 0) is 56.7 Å². The van der Waals surface area contributed by atoms with Crippen molar-refractivity contribution in [1.29, 1.82) is 0 Å². The van der Waals surface area contributed by atoms with Crippen LogP contribution in [-0.4, -0.2) is 21.4 Å². The van der Waals surface area contributed by atoms with Gasteiger partial charge in [-0.2, -0.15) is 0 Å². The van der Waals surface area contributed by atoms with Gasteiger partial charge < -0.3 is 15.2 Å². The number of rotatable bonds is 5. The highest BCUT2D eigenvalue weighted by atomic mass is 16.2. The zero-order valence-electron chi connectivity index (χ0n) is 18.7. The van der Waals surface area contributed by atoms with E-state index in [2.05, 4.69) is 15.6 Å². The lowest BCUT2D eigenvalue weighted by Crippen LogP contribution is -2.27. The van der Waals surface area contributed by atoms with E-state index in [0.29, 0.717) is 22.7 Å². The van der Waals surface area contributed by atoms with Gasteiger partial charge in [0, 0.05) is 23.3 Å². The number of anilines is 2. The molecule has 0 aliphatic rings. The van der Waals surface area contributed by atoms with Crippen molar-refractivity contribution < 1.29 is 9.59 Å². The molecule has 33 heavy (non-hydrogen) atoms. The molecule has 2 aromatic carbocycles. The van der Waals surface area contributed by atoms with Crippen LogP contribution in [0.4, 0.5) is 11.4 Å². The number of nitrogens with one attached hydrogen (secondary N) is 2. The lowest BCUT2D eigenvalue weighted by molar-refractivity contribution is -0.116. The van der Waals surface area contributed by atoms with Crippen molar-refractivity contribution >= 4 is 34.2 Å². The van der Waals surface area contributed by atoms with Crippen LogP contribution in [0.25, 0.3) is 11.0 Å². The van der Waals surface area contributed by atoms with Gasteiger partial charge in [0.1, 0.15) is 17.8 Å². The first-order chi connectivity index (χ1) is 15.8. The third-order valence-corrected chi connectivity index (χ3v) is 5.35. The Bertz CT molecular complexity index is 1420. The molecule has 7 nitrogen and oxygen atoms in total. The van der Waals surface area contributed by atoms with Crippen molar-refractivity contribution in [2.24, 2.45) is 0 Å². The number of benzene rings is 2. The number of amides is 2. The predicted molar refractivity (Wildman–Crippen MR) is 130 cm³/mol. The summed E-state index contributed by atoms with van der Waals surface area (Å²) in [5, 5.41) is 5.92. The number of carbonyl (C=O) groups is 2. The maximum atomic E-state index is 13.1. The average Bonchev–Trinajstić information content (AvgIpc) is 2.78. The smallest absolute Gasteiger partial charge is 0.261 e. The molecule has 2 N–H and O–H groups in total. The van der Waals surface area contributed by atoms with Gasteiger partial charge in [-0.1, -0.05) is 35.9 Å². The molecule has 4 rings (SSSR count). The number of aryl methyl sites for hydroxylation is 3. The van der Waals surface area contributed by atoms with E-state index in [0.717, 1.165) is 11.1 Å². The number of aromatic nitrogens is 2. The Hall–Kier alpha value is -4.26. The summed E-state index contributed by atoms with van der Waals surface area (Å²) in [6.07, 6.45) is 1.40. The molecule has 0 aliphatic carbocycles. The van der Waals surface area contributed by atoms with Gasteiger partial charge in [-0.3, -0.25) is 14.4 Å². The highest BCUT2D eigenvalue weighted by molar-refractivity contribution is 6.05. The number of hydrogen-bond acceptors (Lipinski definition) is 4. The van der Waals surface area contributed by atoms with Gasteiger partial charge in [0.05, 0.1) is 5.39 Å². The van der Waals surface area contributed by atoms with Gasteiger partial charge in [-0.15, -0.1) is 0 Å². The minimum absolute atomic E-state index is 0.0579. The third-order valence-electron chi connectivity index (χ3n) is 5.35. The molecule has 0 bridgehead atoms. The summed E-state index contributed by atoms with van der Waals surface area (Å²) in [6.45, 7) is 5.55. The average molecular weight is 441 g/mol. The van der Waals surface area contributed by atoms with Crippen LogP contribution in [0.15, 0.2) is 71.7 Å². The Morgan fingerprint density at radius 2 is 1.64 bits per heavy atom. The van der Waals surface area contributed by atoms with Crippen molar-refractivity contribution in [2.45, 2.75) is 27.3 Å². The molecule has 0 unspecified atom stereocenters. The largest absolute Gasteiger partial charge is 0.324 e. The van der Waals surface area contributed by atoms with E-state index in [9.17, 15) is 14.4 Å². The molecule has 0 saturated heterocycles. The summed E-state index contributed by atoms with van der Waals surface area (Å²) in [7, 11) is 0. The second-order valence-corrected chi connectivity index (χ2v) is 8.01. The monoisotopic (exact) mass is 440 g/mol. The minimum Gasteiger partial charge on any atom is -0.324 e. The Morgan fingerprint density at radius 3 is 2.36 bits per heavy atom. The van der Waals surface area contributed by atoms with Gasteiger partial charge >= 0.3 is 0 Å². The number of hydrogen-bond donors (Lipinski definition) is 2. The van der Waals surface area contributed by atoms with Gasteiger partial charge in [0.2, 0.25) is 11.3 Å². The van der Waals surface area contributed by atoms with E-state index in [1.165, 1.54) is 6.20 Å². The molecule has 0 spiro atoms. The summed E-state index contributed by atoms with van der Waals surface area (Å²) in [4.78, 5) is 43.3. The molecule has 0 atom stereocenters. The van der Waals surface area contributed by atoms with Crippen LogP contribution in [0.2, 0.25) is 0 Å². The van der Waals surface area contributed by atoms with Crippen LogP contribution < -0.4 is 16.1 Å². The number of pyridine rings is 2. The summed E-state index contributed by atoms with van der Waals surface area (Å²) in [6, 6.07) is 18.1. The molecule has 0 radical (unpaired) electrons.